The predicted octanol–water partition coefficient (Wildman–Crippen LogP) is 1.84. The molecular weight excluding hydrogens is 242 g/mol. The molecule has 0 spiro atoms. The molecule has 0 atom stereocenters. The Kier molecular flexibility index (Phi) is 6.96. The van der Waals surface area contributed by atoms with E-state index in [-0.39, 0.29) is 0 Å². The minimum Gasteiger partial charge on any atom is -0.490 e. The van der Waals surface area contributed by atoms with Crippen molar-refractivity contribution in [2.24, 2.45) is 5.73 Å². The number of hydrogen-bond donors (Lipinski definition) is 1. The Bertz CT molecular complexity index is 334. The topological polar surface area (TPSA) is 53.7 Å². The smallest absolute Gasteiger partial charge is 0.138 e. The van der Waals surface area contributed by atoms with Gasteiger partial charge in [0.1, 0.15) is 12.4 Å². The van der Waals surface area contributed by atoms with Gasteiger partial charge in [-0.15, -0.1) is 0 Å². The molecule has 0 bridgehead atoms. The lowest BCUT2D eigenvalue weighted by Gasteiger charge is -2.09. The summed E-state index contributed by atoms with van der Waals surface area (Å²) in [6, 6.07) is 5.52. The van der Waals surface area contributed by atoms with Gasteiger partial charge >= 0.3 is 0 Å². The van der Waals surface area contributed by atoms with Crippen LogP contribution in [0.25, 0.3) is 0 Å². The van der Waals surface area contributed by atoms with E-state index in [9.17, 15) is 0 Å². The fraction of sp³-hybridized carbons (Fsp3) is 0.500. The lowest BCUT2D eigenvalue weighted by Crippen LogP contribution is -2.10. The standard InChI is InChI=1S/C12H18ClNO3/c1-15-4-5-16-6-7-17-12-3-2-10(9-14)8-11(12)13/h2-3,8H,4-7,9,14H2,1H3. The quantitative estimate of drug-likeness (QED) is 0.724. The molecule has 0 heterocycles. The van der Waals surface area contributed by atoms with E-state index in [0.29, 0.717) is 43.7 Å². The summed E-state index contributed by atoms with van der Waals surface area (Å²) >= 11 is 6.03. The van der Waals surface area contributed by atoms with Crippen LogP contribution in [-0.4, -0.2) is 33.5 Å². The van der Waals surface area contributed by atoms with Crippen LogP contribution in [0.5, 0.6) is 5.75 Å². The second-order valence-electron chi connectivity index (χ2n) is 3.42. The van der Waals surface area contributed by atoms with E-state index in [1.54, 1.807) is 7.11 Å². The van der Waals surface area contributed by atoms with Crippen molar-refractivity contribution in [3.8, 4) is 5.75 Å². The molecule has 0 saturated heterocycles. The first kappa shape index (κ1) is 14.3. The fourth-order valence-electron chi connectivity index (χ4n) is 1.24. The van der Waals surface area contributed by atoms with Crippen molar-refractivity contribution in [2.75, 3.05) is 33.5 Å². The minimum absolute atomic E-state index is 0.464. The fourth-order valence-corrected chi connectivity index (χ4v) is 1.50. The highest BCUT2D eigenvalue weighted by molar-refractivity contribution is 6.32. The summed E-state index contributed by atoms with van der Waals surface area (Å²) < 4.78 is 15.6. The first-order valence-corrected chi connectivity index (χ1v) is 5.83. The Labute approximate surface area is 107 Å². The Hall–Kier alpha value is -0.810. The van der Waals surface area contributed by atoms with Gasteiger partial charge in [0.2, 0.25) is 0 Å². The Morgan fingerprint density at radius 3 is 2.59 bits per heavy atom. The zero-order valence-electron chi connectivity index (χ0n) is 9.95. The monoisotopic (exact) mass is 259 g/mol. The van der Waals surface area contributed by atoms with Crippen LogP contribution in [0.15, 0.2) is 18.2 Å². The van der Waals surface area contributed by atoms with E-state index in [0.717, 1.165) is 5.56 Å². The first-order valence-electron chi connectivity index (χ1n) is 5.46. The molecule has 0 unspecified atom stereocenters. The minimum atomic E-state index is 0.464. The van der Waals surface area contributed by atoms with E-state index in [2.05, 4.69) is 0 Å². The van der Waals surface area contributed by atoms with Gasteiger partial charge in [-0.3, -0.25) is 0 Å². The van der Waals surface area contributed by atoms with Crippen LogP contribution in [-0.2, 0) is 16.0 Å². The Morgan fingerprint density at radius 2 is 1.94 bits per heavy atom. The predicted molar refractivity (Wildman–Crippen MR) is 67.5 cm³/mol. The van der Waals surface area contributed by atoms with Crippen molar-refractivity contribution in [3.63, 3.8) is 0 Å². The molecule has 4 nitrogen and oxygen atoms in total. The van der Waals surface area contributed by atoms with Gasteiger partial charge in [-0.05, 0) is 17.7 Å². The second kappa shape index (κ2) is 8.31. The molecule has 0 aliphatic heterocycles. The summed E-state index contributed by atoms with van der Waals surface area (Å²) in [7, 11) is 1.64. The summed E-state index contributed by atoms with van der Waals surface area (Å²) in [6.45, 7) is 2.61. The van der Waals surface area contributed by atoms with Crippen LogP contribution in [0.3, 0.4) is 0 Å². The number of methoxy groups -OCH3 is 1. The molecule has 0 fully saturated rings. The maximum absolute atomic E-state index is 6.03. The van der Waals surface area contributed by atoms with Crippen LogP contribution >= 0.6 is 11.6 Å². The number of ether oxygens (including phenoxy) is 3. The highest BCUT2D eigenvalue weighted by Crippen LogP contribution is 2.25. The molecule has 1 aromatic carbocycles. The van der Waals surface area contributed by atoms with E-state index >= 15 is 0 Å². The average Bonchev–Trinajstić information content (AvgIpc) is 2.35. The largest absolute Gasteiger partial charge is 0.490 e. The zero-order valence-corrected chi connectivity index (χ0v) is 10.7. The van der Waals surface area contributed by atoms with Crippen molar-refractivity contribution < 1.29 is 14.2 Å². The third-order valence-electron chi connectivity index (χ3n) is 2.15. The molecule has 1 aromatic rings. The summed E-state index contributed by atoms with van der Waals surface area (Å²) in [5, 5.41) is 0.574. The SMILES string of the molecule is COCCOCCOc1ccc(CN)cc1Cl. The summed E-state index contributed by atoms with van der Waals surface area (Å²) in [4.78, 5) is 0. The molecule has 96 valence electrons. The Balaban J connectivity index is 2.27. The Morgan fingerprint density at radius 1 is 1.18 bits per heavy atom. The number of rotatable bonds is 8. The maximum atomic E-state index is 6.03. The van der Waals surface area contributed by atoms with Gasteiger partial charge in [0, 0.05) is 13.7 Å². The van der Waals surface area contributed by atoms with Gasteiger partial charge in [0.05, 0.1) is 24.8 Å². The van der Waals surface area contributed by atoms with Gasteiger partial charge in [-0.2, -0.15) is 0 Å². The van der Waals surface area contributed by atoms with Gasteiger partial charge in [-0.25, -0.2) is 0 Å². The molecule has 17 heavy (non-hydrogen) atoms. The van der Waals surface area contributed by atoms with Crippen molar-refractivity contribution in [3.05, 3.63) is 28.8 Å². The molecule has 1 rings (SSSR count). The molecule has 0 aliphatic rings. The van der Waals surface area contributed by atoms with Gasteiger partial charge in [0.15, 0.2) is 0 Å². The maximum Gasteiger partial charge on any atom is 0.138 e. The first-order chi connectivity index (χ1) is 8.27. The molecular formula is C12H18ClNO3. The number of nitrogens with two attached hydrogens (primary N) is 1. The third kappa shape index (κ3) is 5.37. The van der Waals surface area contributed by atoms with Crippen LogP contribution in [0.4, 0.5) is 0 Å². The van der Waals surface area contributed by atoms with Crippen LogP contribution in [0, 0.1) is 0 Å². The van der Waals surface area contributed by atoms with E-state index in [1.807, 2.05) is 18.2 Å². The van der Waals surface area contributed by atoms with E-state index < -0.39 is 0 Å². The highest BCUT2D eigenvalue weighted by Gasteiger charge is 2.02. The third-order valence-corrected chi connectivity index (χ3v) is 2.44. The van der Waals surface area contributed by atoms with Crippen molar-refractivity contribution >= 4 is 11.6 Å². The van der Waals surface area contributed by atoms with Crippen molar-refractivity contribution in [1.82, 2.24) is 0 Å². The van der Waals surface area contributed by atoms with Gasteiger partial charge in [-0.1, -0.05) is 17.7 Å². The lowest BCUT2D eigenvalue weighted by atomic mass is 10.2. The summed E-state index contributed by atoms with van der Waals surface area (Å²) in [6.07, 6.45) is 0. The van der Waals surface area contributed by atoms with Crippen LogP contribution in [0.1, 0.15) is 5.56 Å². The molecule has 0 amide bonds. The average molecular weight is 260 g/mol. The van der Waals surface area contributed by atoms with E-state index in [4.69, 9.17) is 31.5 Å². The zero-order chi connectivity index (χ0) is 12.5. The van der Waals surface area contributed by atoms with Gasteiger partial charge < -0.3 is 19.9 Å². The van der Waals surface area contributed by atoms with Crippen LogP contribution in [0.2, 0.25) is 5.02 Å². The number of halogens is 1. The molecule has 0 radical (unpaired) electrons. The number of hydrogen-bond acceptors (Lipinski definition) is 4. The second-order valence-corrected chi connectivity index (χ2v) is 3.83. The van der Waals surface area contributed by atoms with Crippen LogP contribution < -0.4 is 10.5 Å². The molecule has 0 saturated carbocycles. The molecule has 0 aliphatic carbocycles. The molecule has 0 aromatic heterocycles. The number of benzene rings is 1. The summed E-state index contributed by atoms with van der Waals surface area (Å²) in [5.74, 6) is 0.652. The van der Waals surface area contributed by atoms with Gasteiger partial charge in [0.25, 0.3) is 0 Å². The normalized spacial score (nSPS) is 10.5. The van der Waals surface area contributed by atoms with Crippen molar-refractivity contribution in [2.45, 2.75) is 6.54 Å². The van der Waals surface area contributed by atoms with E-state index in [1.165, 1.54) is 0 Å². The highest BCUT2D eigenvalue weighted by atomic mass is 35.5. The summed E-state index contributed by atoms with van der Waals surface area (Å²) in [5.41, 5.74) is 6.49. The molecule has 5 heteroatoms. The van der Waals surface area contributed by atoms with Crippen molar-refractivity contribution in [1.29, 1.82) is 0 Å². The lowest BCUT2D eigenvalue weighted by molar-refractivity contribution is 0.0544. The molecule has 2 N–H and O–H groups in total.